The normalized spacial score (nSPS) is 8.77. The van der Waals surface area contributed by atoms with Crippen molar-refractivity contribution in [2.45, 2.75) is 13.3 Å². The molecule has 0 aliphatic heterocycles. The Hall–Kier alpha value is -1.06. The summed E-state index contributed by atoms with van der Waals surface area (Å²) in [6.45, 7) is 5.50. The maximum Gasteiger partial charge on any atom is -0.0771 e. The van der Waals surface area contributed by atoms with Crippen molar-refractivity contribution < 1.29 is 16.8 Å². The van der Waals surface area contributed by atoms with E-state index in [1.165, 1.54) is 32.3 Å². The van der Waals surface area contributed by atoms with Gasteiger partial charge in [-0.25, -0.2) is 0 Å². The first-order chi connectivity index (χ1) is 13.7. The van der Waals surface area contributed by atoms with Crippen molar-refractivity contribution in [2.75, 3.05) is 0 Å². The maximum atomic E-state index is 5.04. The Morgan fingerprint density at radius 3 is 1.67 bits per heavy atom. The third-order valence-corrected chi connectivity index (χ3v) is 4.07. The molecule has 0 aliphatic rings. The van der Waals surface area contributed by atoms with Crippen LogP contribution in [0.15, 0.2) is 97.1 Å². The summed E-state index contributed by atoms with van der Waals surface area (Å²) in [5.41, 5.74) is 0. The van der Waals surface area contributed by atoms with Gasteiger partial charge in [0, 0.05) is 0 Å². The zero-order chi connectivity index (χ0) is 20.2. The minimum atomic E-state index is -0.222. The first-order valence-electron chi connectivity index (χ1n) is 9.20. The van der Waals surface area contributed by atoms with Crippen molar-refractivity contribution in [3.63, 3.8) is 0 Å². The van der Waals surface area contributed by atoms with E-state index in [1.807, 2.05) is 6.92 Å². The molecule has 0 fully saturated rings. The smallest absolute Gasteiger partial charge is 0.0771 e. The Kier molecular flexibility index (Phi) is 16.0. The Balaban J connectivity index is 0.000000437. The summed E-state index contributed by atoms with van der Waals surface area (Å²) in [7, 11) is 8.11. The molecule has 30 heavy (non-hydrogen) atoms. The van der Waals surface area contributed by atoms with Crippen LogP contribution in [0.2, 0.25) is 0 Å². The molecule has 2 radical (unpaired) electrons. The van der Waals surface area contributed by atoms with Gasteiger partial charge in [0.05, 0.1) is 0 Å². The van der Waals surface area contributed by atoms with Crippen LogP contribution in [-0.4, -0.2) is 7.63 Å². The summed E-state index contributed by atoms with van der Waals surface area (Å²) in [5, 5.41) is 8.05. The molecule has 0 amide bonds. The van der Waals surface area contributed by atoms with Crippen LogP contribution in [-0.2, 0) is 16.8 Å². The van der Waals surface area contributed by atoms with Gasteiger partial charge in [0.2, 0.25) is 0 Å². The zero-order valence-electron chi connectivity index (χ0n) is 16.8. The van der Waals surface area contributed by atoms with E-state index >= 15 is 0 Å². The van der Waals surface area contributed by atoms with Gasteiger partial charge in [0.15, 0.2) is 0 Å². The molecule has 0 unspecified atom stereocenters. The monoisotopic (exact) mass is 506 g/mol. The zero-order valence-corrected chi connectivity index (χ0v) is 21.8. The van der Waals surface area contributed by atoms with Crippen LogP contribution in [0.5, 0.6) is 0 Å². The topological polar surface area (TPSA) is 0 Å². The second-order valence-electron chi connectivity index (χ2n) is 6.07. The third-order valence-electron chi connectivity index (χ3n) is 4.07. The first-order valence-corrected chi connectivity index (χ1v) is 14.2. The standard InChI is InChI=1S/C13H9.C9H7.C3H7.3ClH.Si.Ti/c1-3-7-12-10(5-1)9-11-6-2-4-8-13(11)12;1-2-5-9-7-3-6-8(9)4-1;1-3-2;;;;;/h1-9H;1-7H;1,3H2,2H3;3*1H;;/q3*-1;;;;;+1/p-1. The van der Waals surface area contributed by atoms with Crippen molar-refractivity contribution >= 4 is 74.1 Å². The van der Waals surface area contributed by atoms with Crippen LogP contribution < -0.4 is 0 Å². The number of halogens is 3. The molecule has 0 aromatic heterocycles. The van der Waals surface area contributed by atoms with Crippen molar-refractivity contribution in [3.8, 4) is 0 Å². The molecule has 0 saturated heterocycles. The quantitative estimate of drug-likeness (QED) is 0.145. The number of benzene rings is 3. The van der Waals surface area contributed by atoms with Crippen molar-refractivity contribution in [1.82, 2.24) is 0 Å². The fourth-order valence-electron chi connectivity index (χ4n) is 2.97. The molecule has 0 heterocycles. The van der Waals surface area contributed by atoms with E-state index in [0.29, 0.717) is 0 Å². The van der Waals surface area contributed by atoms with Crippen LogP contribution in [0.4, 0.5) is 0 Å². The van der Waals surface area contributed by atoms with Gasteiger partial charge in [0.25, 0.3) is 0 Å². The SMILES string of the molecule is Cl.Cl.[CH2-]CC.[Si]=[Ti][Cl].c1ccc2[cH-]ccc2c1.c1ccc2c(c1)[cH-]c1ccccc12. The molecule has 0 spiro atoms. The molecular weight excluding hydrogens is 483 g/mol. The van der Waals surface area contributed by atoms with Gasteiger partial charge in [-0.1, -0.05) is 49.4 Å². The average Bonchev–Trinajstić information content (AvgIpc) is 3.34. The van der Waals surface area contributed by atoms with Crippen molar-refractivity contribution in [3.05, 3.63) is 104 Å². The summed E-state index contributed by atoms with van der Waals surface area (Å²) < 4.78 is 0. The average molecular weight is 508 g/mol. The second-order valence-corrected chi connectivity index (χ2v) is 9.48. The van der Waals surface area contributed by atoms with E-state index in [2.05, 4.69) is 112 Å². The molecule has 0 atom stereocenters. The number of fused-ring (bicyclic) bond motifs is 4. The van der Waals surface area contributed by atoms with Gasteiger partial charge in [-0.15, -0.1) is 94.2 Å². The van der Waals surface area contributed by atoms with E-state index in [0.717, 1.165) is 6.42 Å². The molecular formula is C25H25Cl3SiTi-3. The van der Waals surface area contributed by atoms with Gasteiger partial charge < -0.3 is 6.92 Å². The number of hydrogen-bond acceptors (Lipinski definition) is 0. The molecule has 0 saturated carbocycles. The van der Waals surface area contributed by atoms with Crippen LogP contribution in [0.1, 0.15) is 13.3 Å². The summed E-state index contributed by atoms with van der Waals surface area (Å²) in [4.78, 5) is 0. The summed E-state index contributed by atoms with van der Waals surface area (Å²) in [5.74, 6) is 0. The van der Waals surface area contributed by atoms with Crippen molar-refractivity contribution in [1.29, 1.82) is 0 Å². The molecule has 0 bridgehead atoms. The Morgan fingerprint density at radius 2 is 1.20 bits per heavy atom. The van der Waals surface area contributed by atoms with Crippen LogP contribution in [0, 0.1) is 6.92 Å². The molecule has 0 N–H and O–H groups in total. The van der Waals surface area contributed by atoms with E-state index in [1.54, 1.807) is 0 Å². The van der Waals surface area contributed by atoms with E-state index < -0.39 is 0 Å². The molecule has 5 heteroatoms. The number of hydrogen-bond donors (Lipinski definition) is 0. The van der Waals surface area contributed by atoms with Crippen LogP contribution in [0.25, 0.3) is 32.3 Å². The molecule has 0 nitrogen and oxygen atoms in total. The molecule has 5 aromatic rings. The van der Waals surface area contributed by atoms with Crippen molar-refractivity contribution in [2.24, 2.45) is 0 Å². The van der Waals surface area contributed by atoms with Crippen LogP contribution in [0.3, 0.4) is 0 Å². The minimum Gasteiger partial charge on any atom is -0.168 e. The Morgan fingerprint density at radius 1 is 0.800 bits per heavy atom. The van der Waals surface area contributed by atoms with Gasteiger partial charge in [-0.05, 0) is 0 Å². The van der Waals surface area contributed by atoms with Crippen LogP contribution >= 0.6 is 34.1 Å². The van der Waals surface area contributed by atoms with Gasteiger partial charge in [-0.2, -0.15) is 23.9 Å². The molecule has 0 aliphatic carbocycles. The van der Waals surface area contributed by atoms with E-state index in [9.17, 15) is 0 Å². The fourth-order valence-corrected chi connectivity index (χ4v) is 2.97. The predicted octanol–water partition coefficient (Wildman–Crippen LogP) is 8.65. The summed E-state index contributed by atoms with van der Waals surface area (Å²) in [6, 6.07) is 33.9. The summed E-state index contributed by atoms with van der Waals surface area (Å²) in [6.07, 6.45) is 1.00. The predicted molar refractivity (Wildman–Crippen MR) is 138 cm³/mol. The van der Waals surface area contributed by atoms with E-state index in [4.69, 9.17) is 9.30 Å². The summed E-state index contributed by atoms with van der Waals surface area (Å²) >= 11 is -0.222. The van der Waals surface area contributed by atoms with Gasteiger partial charge in [0.1, 0.15) is 0 Å². The van der Waals surface area contributed by atoms with E-state index in [-0.39, 0.29) is 41.6 Å². The first kappa shape index (κ1) is 28.9. The third kappa shape index (κ3) is 8.59. The number of rotatable bonds is 0. The minimum absolute atomic E-state index is 0. The molecule has 5 rings (SSSR count). The Labute approximate surface area is 207 Å². The maximum absolute atomic E-state index is 5.04. The molecule has 5 aromatic carbocycles. The largest absolute Gasteiger partial charge is 0.168 e. The second kappa shape index (κ2) is 16.6. The molecule has 157 valence electrons. The van der Waals surface area contributed by atoms with Gasteiger partial charge >= 0.3 is 33.8 Å². The Bertz CT molecular complexity index is 1030. The fraction of sp³-hybridized carbons (Fsp3) is 0.0800. The van der Waals surface area contributed by atoms with Gasteiger partial charge in [-0.3, -0.25) is 0 Å².